The predicted molar refractivity (Wildman–Crippen MR) is 89.1 cm³/mol. The zero-order chi connectivity index (χ0) is 16.9. The van der Waals surface area contributed by atoms with E-state index in [4.69, 9.17) is 9.47 Å². The molecule has 1 unspecified atom stereocenters. The van der Waals surface area contributed by atoms with Crippen LogP contribution >= 0.6 is 0 Å². The Hall–Kier alpha value is -1.18. The third kappa shape index (κ3) is 4.68. The maximum Gasteiger partial charge on any atom is 0.122 e. The molecule has 0 amide bonds. The first-order chi connectivity index (χ1) is 11.6. The van der Waals surface area contributed by atoms with Crippen molar-refractivity contribution in [3.63, 3.8) is 0 Å². The summed E-state index contributed by atoms with van der Waals surface area (Å²) in [4.78, 5) is 1.98. The molecular formula is C18H27NO5. The molecule has 3 N–H and O–H groups in total. The normalized spacial score (nSPS) is 31.8. The Bertz CT molecular complexity index is 491. The Morgan fingerprint density at radius 3 is 2.42 bits per heavy atom. The third-order valence-electron chi connectivity index (χ3n) is 4.74. The van der Waals surface area contributed by atoms with Gasteiger partial charge in [0.25, 0.3) is 0 Å². The molecule has 4 atom stereocenters. The summed E-state index contributed by atoms with van der Waals surface area (Å²) in [5, 5.41) is 29.0. The van der Waals surface area contributed by atoms with Crippen LogP contribution in [0, 0.1) is 0 Å². The molecule has 6 heteroatoms. The van der Waals surface area contributed by atoms with Crippen LogP contribution in [0.25, 0.3) is 0 Å². The van der Waals surface area contributed by atoms with Crippen molar-refractivity contribution < 1.29 is 24.8 Å². The molecular weight excluding hydrogens is 310 g/mol. The highest BCUT2D eigenvalue weighted by atomic mass is 16.5. The highest BCUT2D eigenvalue weighted by molar-refractivity contribution is 5.27. The minimum absolute atomic E-state index is 0.146. The third-order valence-corrected chi connectivity index (χ3v) is 4.74. The van der Waals surface area contributed by atoms with Gasteiger partial charge in [-0.25, -0.2) is 0 Å². The number of aliphatic hydroxyl groups excluding tert-OH is 3. The van der Waals surface area contributed by atoms with Gasteiger partial charge in [0.05, 0.1) is 18.8 Å². The van der Waals surface area contributed by atoms with Crippen molar-refractivity contribution in [1.82, 2.24) is 4.90 Å². The van der Waals surface area contributed by atoms with Crippen molar-refractivity contribution >= 4 is 0 Å². The van der Waals surface area contributed by atoms with E-state index in [9.17, 15) is 15.3 Å². The first-order valence-electron chi connectivity index (χ1n) is 8.72. The Morgan fingerprint density at radius 1 is 1.08 bits per heavy atom. The van der Waals surface area contributed by atoms with E-state index in [-0.39, 0.29) is 6.10 Å². The van der Waals surface area contributed by atoms with Gasteiger partial charge in [-0.2, -0.15) is 0 Å². The maximum atomic E-state index is 9.73. The summed E-state index contributed by atoms with van der Waals surface area (Å²) in [7, 11) is 0. The largest absolute Gasteiger partial charge is 0.488 e. The van der Waals surface area contributed by atoms with E-state index in [0.717, 1.165) is 38.2 Å². The fourth-order valence-electron chi connectivity index (χ4n) is 3.28. The Morgan fingerprint density at radius 2 is 1.79 bits per heavy atom. The smallest absolute Gasteiger partial charge is 0.122 e. The van der Waals surface area contributed by atoms with Crippen LogP contribution in [0.2, 0.25) is 0 Å². The van der Waals surface area contributed by atoms with Crippen LogP contribution in [-0.4, -0.2) is 77.5 Å². The Labute approximate surface area is 142 Å². The number of nitrogens with zero attached hydrogens (tertiary/aromatic N) is 1. The molecule has 24 heavy (non-hydrogen) atoms. The number of aliphatic hydroxyl groups is 3. The van der Waals surface area contributed by atoms with Crippen LogP contribution < -0.4 is 4.74 Å². The molecule has 2 aliphatic heterocycles. The van der Waals surface area contributed by atoms with Crippen molar-refractivity contribution in [2.75, 3.05) is 32.8 Å². The second-order valence-electron chi connectivity index (χ2n) is 6.74. The second-order valence-corrected chi connectivity index (χ2v) is 6.74. The van der Waals surface area contributed by atoms with Gasteiger partial charge in [0, 0.05) is 26.2 Å². The van der Waals surface area contributed by atoms with E-state index in [1.807, 2.05) is 29.2 Å². The van der Waals surface area contributed by atoms with Crippen molar-refractivity contribution in [2.24, 2.45) is 0 Å². The quantitative estimate of drug-likeness (QED) is 0.711. The fourth-order valence-corrected chi connectivity index (χ4v) is 3.28. The molecule has 3 rings (SSSR count). The second kappa shape index (κ2) is 8.27. The molecule has 1 aromatic rings. The molecule has 2 heterocycles. The first-order valence-corrected chi connectivity index (χ1v) is 8.72. The van der Waals surface area contributed by atoms with Gasteiger partial charge in [0.15, 0.2) is 0 Å². The van der Waals surface area contributed by atoms with Crippen molar-refractivity contribution in [3.8, 4) is 5.75 Å². The molecule has 0 aromatic heterocycles. The molecule has 0 radical (unpaired) electrons. The molecule has 134 valence electrons. The zero-order valence-corrected chi connectivity index (χ0v) is 13.9. The number of likely N-dealkylation sites (tertiary alicyclic amines) is 1. The van der Waals surface area contributed by atoms with E-state index in [0.29, 0.717) is 19.7 Å². The number of hydrogen-bond acceptors (Lipinski definition) is 6. The van der Waals surface area contributed by atoms with Crippen molar-refractivity contribution in [1.29, 1.82) is 0 Å². The monoisotopic (exact) mass is 337 g/mol. The van der Waals surface area contributed by atoms with Gasteiger partial charge >= 0.3 is 0 Å². The molecule has 0 spiro atoms. The molecule has 0 aliphatic carbocycles. The Kier molecular flexibility index (Phi) is 6.08. The van der Waals surface area contributed by atoms with E-state index in [2.05, 4.69) is 0 Å². The average molecular weight is 337 g/mol. The van der Waals surface area contributed by atoms with Gasteiger partial charge in [-0.15, -0.1) is 0 Å². The van der Waals surface area contributed by atoms with Gasteiger partial charge in [-0.3, -0.25) is 4.90 Å². The number of piperidine rings is 1. The Balaban J connectivity index is 1.46. The SMILES string of the molecule is O[C@H]1[C@H](O)CN(CCc2ccc(OC3CCCOC3)cc2)C[C@@H]1O. The van der Waals surface area contributed by atoms with Crippen LogP contribution in [0.1, 0.15) is 18.4 Å². The maximum absolute atomic E-state index is 9.73. The molecule has 2 saturated heterocycles. The molecule has 2 aliphatic rings. The number of hydrogen-bond donors (Lipinski definition) is 3. The van der Waals surface area contributed by atoms with Crippen LogP contribution in [0.3, 0.4) is 0 Å². The van der Waals surface area contributed by atoms with Gasteiger partial charge in [0.2, 0.25) is 0 Å². The van der Waals surface area contributed by atoms with Crippen molar-refractivity contribution in [3.05, 3.63) is 29.8 Å². The molecule has 2 fully saturated rings. The first kappa shape index (κ1) is 17.6. The van der Waals surface area contributed by atoms with Crippen LogP contribution in [0.4, 0.5) is 0 Å². The summed E-state index contributed by atoms with van der Waals surface area (Å²) in [6, 6.07) is 8.05. The highest BCUT2D eigenvalue weighted by Crippen LogP contribution is 2.19. The van der Waals surface area contributed by atoms with Gasteiger partial charge in [-0.05, 0) is 37.0 Å². The lowest BCUT2D eigenvalue weighted by Crippen LogP contribution is -2.55. The lowest BCUT2D eigenvalue weighted by Gasteiger charge is -2.36. The lowest BCUT2D eigenvalue weighted by atomic mass is 10.0. The van der Waals surface area contributed by atoms with Gasteiger partial charge in [-0.1, -0.05) is 12.1 Å². The number of ether oxygens (including phenoxy) is 2. The number of β-amino-alcohol motifs (C(OH)–C–C–N with tert-alkyl or cyclic N) is 2. The minimum atomic E-state index is -1.04. The summed E-state index contributed by atoms with van der Waals surface area (Å²) in [6.45, 7) is 3.00. The molecule has 0 saturated carbocycles. The molecule has 6 nitrogen and oxygen atoms in total. The van der Waals surface area contributed by atoms with E-state index in [1.54, 1.807) is 0 Å². The van der Waals surface area contributed by atoms with Crippen molar-refractivity contribution in [2.45, 2.75) is 43.7 Å². The van der Waals surface area contributed by atoms with Crippen LogP contribution in [0.15, 0.2) is 24.3 Å². The van der Waals surface area contributed by atoms with E-state index < -0.39 is 18.3 Å². The summed E-state index contributed by atoms with van der Waals surface area (Å²) in [5.74, 6) is 0.862. The number of rotatable bonds is 5. The van der Waals surface area contributed by atoms with E-state index in [1.165, 1.54) is 5.56 Å². The van der Waals surface area contributed by atoms with Gasteiger partial charge in [0.1, 0.15) is 18.0 Å². The highest BCUT2D eigenvalue weighted by Gasteiger charge is 2.32. The standard InChI is InChI=1S/C18H27NO5/c20-16-10-19(11-17(21)18(16)22)8-7-13-3-5-14(6-4-13)24-15-2-1-9-23-12-15/h3-6,15-18,20-22H,1-2,7-12H2/t15?,16-,17+,18+. The fraction of sp³-hybridized carbons (Fsp3) is 0.667. The van der Waals surface area contributed by atoms with E-state index >= 15 is 0 Å². The molecule has 0 bridgehead atoms. The summed E-state index contributed by atoms with van der Waals surface area (Å²) in [5.41, 5.74) is 1.18. The minimum Gasteiger partial charge on any atom is -0.488 e. The zero-order valence-electron chi connectivity index (χ0n) is 13.9. The molecule has 1 aromatic carbocycles. The topological polar surface area (TPSA) is 82.4 Å². The predicted octanol–water partition coefficient (Wildman–Crippen LogP) is 0.185. The summed E-state index contributed by atoms with van der Waals surface area (Å²) in [6.07, 6.45) is 0.235. The average Bonchev–Trinajstić information content (AvgIpc) is 2.60. The summed E-state index contributed by atoms with van der Waals surface area (Å²) >= 11 is 0. The van der Waals surface area contributed by atoms with Gasteiger partial charge < -0.3 is 24.8 Å². The van der Waals surface area contributed by atoms with Crippen LogP contribution in [-0.2, 0) is 11.2 Å². The summed E-state index contributed by atoms with van der Waals surface area (Å²) < 4.78 is 11.3. The van der Waals surface area contributed by atoms with Crippen LogP contribution in [0.5, 0.6) is 5.75 Å². The lowest BCUT2D eigenvalue weighted by molar-refractivity contribution is -0.109. The number of benzene rings is 1.